The van der Waals surface area contributed by atoms with E-state index in [4.69, 9.17) is 16.3 Å². The first-order chi connectivity index (χ1) is 5.46. The maximum Gasteiger partial charge on any atom is 0.152 e. The molecule has 68 valence electrons. The number of thiophene rings is 1. The van der Waals surface area contributed by atoms with E-state index in [-0.39, 0.29) is 5.41 Å². The Morgan fingerprint density at radius 1 is 1.42 bits per heavy atom. The van der Waals surface area contributed by atoms with E-state index >= 15 is 0 Å². The smallest absolute Gasteiger partial charge is 0.152 e. The van der Waals surface area contributed by atoms with Crippen LogP contribution in [0.15, 0.2) is 5.38 Å². The Morgan fingerprint density at radius 3 is 2.33 bits per heavy atom. The molecular weight excluding hydrogens is 192 g/mol. The molecule has 0 aliphatic rings. The second kappa shape index (κ2) is 3.27. The number of hydrogen-bond donors (Lipinski definition) is 0. The summed E-state index contributed by atoms with van der Waals surface area (Å²) in [6.07, 6.45) is 0. The summed E-state index contributed by atoms with van der Waals surface area (Å²) >= 11 is 7.47. The molecule has 0 bridgehead atoms. The van der Waals surface area contributed by atoms with Crippen LogP contribution in [0, 0.1) is 0 Å². The molecule has 1 aromatic rings. The summed E-state index contributed by atoms with van der Waals surface area (Å²) < 4.78 is 5.96. The molecular formula is C9H13ClOS. The first kappa shape index (κ1) is 9.87. The van der Waals surface area contributed by atoms with Crippen LogP contribution in [0.5, 0.6) is 5.75 Å². The number of methoxy groups -OCH3 is 1. The minimum absolute atomic E-state index is 0.106. The third kappa shape index (κ3) is 1.75. The van der Waals surface area contributed by atoms with Gasteiger partial charge in [0.15, 0.2) is 5.75 Å². The first-order valence-corrected chi connectivity index (χ1v) is 5.04. The molecule has 0 radical (unpaired) electrons. The summed E-state index contributed by atoms with van der Waals surface area (Å²) in [4.78, 5) is 0. The van der Waals surface area contributed by atoms with Gasteiger partial charge >= 0.3 is 0 Å². The largest absolute Gasteiger partial charge is 0.494 e. The normalized spacial score (nSPS) is 11.8. The van der Waals surface area contributed by atoms with Gasteiger partial charge in [-0.2, -0.15) is 0 Å². The molecule has 12 heavy (non-hydrogen) atoms. The van der Waals surface area contributed by atoms with Crippen LogP contribution < -0.4 is 4.74 Å². The fraction of sp³-hybridized carbons (Fsp3) is 0.556. The molecule has 1 rings (SSSR count). The summed E-state index contributed by atoms with van der Waals surface area (Å²) in [5.41, 5.74) is 1.29. The van der Waals surface area contributed by atoms with Crippen LogP contribution in [-0.2, 0) is 5.41 Å². The van der Waals surface area contributed by atoms with Crippen molar-refractivity contribution in [3.05, 3.63) is 15.3 Å². The summed E-state index contributed by atoms with van der Waals surface area (Å²) in [7, 11) is 1.66. The molecule has 1 aromatic heterocycles. The first-order valence-electron chi connectivity index (χ1n) is 3.78. The van der Waals surface area contributed by atoms with Crippen LogP contribution in [0.3, 0.4) is 0 Å². The fourth-order valence-corrected chi connectivity index (χ4v) is 2.33. The van der Waals surface area contributed by atoms with Crippen LogP contribution in [0.2, 0.25) is 4.34 Å². The molecule has 0 N–H and O–H groups in total. The van der Waals surface area contributed by atoms with Gasteiger partial charge in [-0.1, -0.05) is 32.4 Å². The molecule has 0 aliphatic carbocycles. The summed E-state index contributed by atoms with van der Waals surface area (Å²) in [6.45, 7) is 6.44. The average Bonchev–Trinajstić information content (AvgIpc) is 2.29. The van der Waals surface area contributed by atoms with E-state index < -0.39 is 0 Å². The molecule has 1 nitrogen and oxygen atoms in total. The van der Waals surface area contributed by atoms with Gasteiger partial charge in [-0.15, -0.1) is 11.3 Å². The van der Waals surface area contributed by atoms with Crippen LogP contribution in [0.1, 0.15) is 26.3 Å². The van der Waals surface area contributed by atoms with E-state index in [0.29, 0.717) is 0 Å². The van der Waals surface area contributed by atoms with Gasteiger partial charge in [0, 0.05) is 5.56 Å². The van der Waals surface area contributed by atoms with Crippen LogP contribution in [0.25, 0.3) is 0 Å². The summed E-state index contributed by atoms with van der Waals surface area (Å²) in [5, 5.41) is 2.06. The fourth-order valence-electron chi connectivity index (χ4n) is 1.03. The molecule has 0 aliphatic heterocycles. The minimum Gasteiger partial charge on any atom is -0.494 e. The number of hydrogen-bond acceptors (Lipinski definition) is 2. The van der Waals surface area contributed by atoms with E-state index in [9.17, 15) is 0 Å². The number of halogens is 1. The maximum atomic E-state index is 5.94. The van der Waals surface area contributed by atoms with Crippen molar-refractivity contribution < 1.29 is 4.74 Å². The Bertz CT molecular complexity index is 273. The number of rotatable bonds is 1. The lowest BCUT2D eigenvalue weighted by molar-refractivity contribution is 0.400. The quantitative estimate of drug-likeness (QED) is 0.678. The highest BCUT2D eigenvalue weighted by atomic mass is 35.5. The van der Waals surface area contributed by atoms with Crippen molar-refractivity contribution in [2.24, 2.45) is 0 Å². The van der Waals surface area contributed by atoms with Gasteiger partial charge in [-0.05, 0) is 10.8 Å². The molecule has 1 heterocycles. The Balaban J connectivity index is 3.16. The third-order valence-electron chi connectivity index (χ3n) is 1.72. The minimum atomic E-state index is 0.106. The van der Waals surface area contributed by atoms with Crippen molar-refractivity contribution in [1.82, 2.24) is 0 Å². The standard InChI is InChI=1S/C9H13ClOS/c1-9(2,3)6-5-12-8(10)7(6)11-4/h5H,1-4H3. The maximum absolute atomic E-state index is 5.94. The van der Waals surface area contributed by atoms with Crippen LogP contribution >= 0.6 is 22.9 Å². The average molecular weight is 205 g/mol. The Hall–Kier alpha value is -0.210. The molecule has 0 spiro atoms. The van der Waals surface area contributed by atoms with Gasteiger partial charge in [-0.3, -0.25) is 0 Å². The van der Waals surface area contributed by atoms with E-state index in [0.717, 1.165) is 10.1 Å². The highest BCUT2D eigenvalue weighted by Crippen LogP contribution is 2.41. The zero-order valence-electron chi connectivity index (χ0n) is 7.77. The Labute approximate surface area is 82.3 Å². The molecule has 0 aromatic carbocycles. The van der Waals surface area contributed by atoms with Gasteiger partial charge < -0.3 is 4.74 Å². The lowest BCUT2D eigenvalue weighted by Gasteiger charge is -2.18. The van der Waals surface area contributed by atoms with Crippen LogP contribution in [-0.4, -0.2) is 7.11 Å². The highest BCUT2D eigenvalue weighted by Gasteiger charge is 2.22. The molecule has 0 unspecified atom stereocenters. The van der Waals surface area contributed by atoms with Crippen molar-refractivity contribution in [3.63, 3.8) is 0 Å². The highest BCUT2D eigenvalue weighted by molar-refractivity contribution is 7.15. The molecule has 0 saturated heterocycles. The molecule has 3 heteroatoms. The SMILES string of the molecule is COc1c(C(C)(C)C)csc1Cl. The zero-order valence-corrected chi connectivity index (χ0v) is 9.34. The summed E-state index contributed by atoms with van der Waals surface area (Å²) in [6, 6.07) is 0. The predicted octanol–water partition coefficient (Wildman–Crippen LogP) is 3.71. The van der Waals surface area contributed by atoms with Crippen molar-refractivity contribution in [1.29, 1.82) is 0 Å². The third-order valence-corrected chi connectivity index (χ3v) is 2.90. The van der Waals surface area contributed by atoms with Crippen molar-refractivity contribution in [2.75, 3.05) is 7.11 Å². The van der Waals surface area contributed by atoms with E-state index in [1.165, 1.54) is 16.9 Å². The van der Waals surface area contributed by atoms with E-state index in [2.05, 4.69) is 26.2 Å². The van der Waals surface area contributed by atoms with Crippen LogP contribution in [0.4, 0.5) is 0 Å². The monoisotopic (exact) mass is 204 g/mol. The van der Waals surface area contributed by atoms with E-state index in [1.54, 1.807) is 7.11 Å². The molecule has 0 saturated carbocycles. The van der Waals surface area contributed by atoms with Gasteiger partial charge in [0.25, 0.3) is 0 Å². The predicted molar refractivity (Wildman–Crippen MR) is 54.6 cm³/mol. The second-order valence-electron chi connectivity index (χ2n) is 3.71. The number of ether oxygens (including phenoxy) is 1. The van der Waals surface area contributed by atoms with Crippen molar-refractivity contribution >= 4 is 22.9 Å². The van der Waals surface area contributed by atoms with Crippen molar-refractivity contribution in [3.8, 4) is 5.75 Å². The lowest BCUT2D eigenvalue weighted by Crippen LogP contribution is -2.10. The summed E-state index contributed by atoms with van der Waals surface area (Å²) in [5.74, 6) is 0.828. The Morgan fingerprint density at radius 2 is 2.00 bits per heavy atom. The molecule has 0 amide bonds. The molecule has 0 atom stereocenters. The second-order valence-corrected chi connectivity index (χ2v) is 5.19. The van der Waals surface area contributed by atoms with Gasteiger partial charge in [-0.25, -0.2) is 0 Å². The van der Waals surface area contributed by atoms with Gasteiger partial charge in [0.2, 0.25) is 0 Å². The Kier molecular flexibility index (Phi) is 2.69. The van der Waals surface area contributed by atoms with Crippen molar-refractivity contribution in [2.45, 2.75) is 26.2 Å². The topological polar surface area (TPSA) is 9.23 Å². The zero-order chi connectivity index (χ0) is 9.35. The molecule has 0 fully saturated rings. The lowest BCUT2D eigenvalue weighted by atomic mass is 9.89. The van der Waals surface area contributed by atoms with E-state index in [1.807, 2.05) is 0 Å². The van der Waals surface area contributed by atoms with Gasteiger partial charge in [0.05, 0.1) is 7.11 Å². The van der Waals surface area contributed by atoms with Gasteiger partial charge in [0.1, 0.15) is 4.34 Å².